The van der Waals surface area contributed by atoms with Crippen LogP contribution in [-0.4, -0.2) is 88.3 Å². The number of β-amino-alcohol motifs (C(OH)–C–C–N with tert-alkyl or cyclic N) is 1. The largest absolute Gasteiger partial charge is 0.465 e. The zero-order chi connectivity index (χ0) is 17.3. The van der Waals surface area contributed by atoms with Crippen LogP contribution in [-0.2, 0) is 4.79 Å². The van der Waals surface area contributed by atoms with Gasteiger partial charge in [-0.05, 0) is 51.1 Å². The molecule has 1 saturated carbocycles. The van der Waals surface area contributed by atoms with E-state index in [1.54, 1.807) is 4.90 Å². The van der Waals surface area contributed by atoms with Gasteiger partial charge in [0.25, 0.3) is 0 Å². The zero-order valence-corrected chi connectivity index (χ0v) is 14.5. The van der Waals surface area contributed by atoms with E-state index in [-0.39, 0.29) is 36.4 Å². The Morgan fingerprint density at radius 1 is 1.21 bits per heavy atom. The Morgan fingerprint density at radius 2 is 1.96 bits per heavy atom. The minimum absolute atomic E-state index is 0.0428. The van der Waals surface area contributed by atoms with E-state index in [2.05, 4.69) is 4.90 Å². The molecule has 7 heteroatoms. The Labute approximate surface area is 143 Å². The third-order valence-electron chi connectivity index (χ3n) is 6.04. The zero-order valence-electron chi connectivity index (χ0n) is 14.5. The van der Waals surface area contributed by atoms with E-state index in [1.807, 2.05) is 6.92 Å². The van der Waals surface area contributed by atoms with Crippen molar-refractivity contribution in [2.24, 2.45) is 5.41 Å². The number of carbonyl (C=O) groups excluding carboxylic acids is 1. The summed E-state index contributed by atoms with van der Waals surface area (Å²) in [5.41, 5.74) is 0.229. The van der Waals surface area contributed by atoms with Gasteiger partial charge < -0.3 is 24.9 Å². The molecule has 3 fully saturated rings. The molecule has 2 unspecified atom stereocenters. The maximum absolute atomic E-state index is 12.2. The highest BCUT2D eigenvalue weighted by molar-refractivity contribution is 5.78. The lowest BCUT2D eigenvalue weighted by Crippen LogP contribution is -2.46. The molecule has 2 atom stereocenters. The number of aliphatic hydroxyl groups is 1. The third-order valence-corrected chi connectivity index (χ3v) is 6.04. The first-order valence-corrected chi connectivity index (χ1v) is 9.09. The molecule has 3 rings (SSSR count). The van der Waals surface area contributed by atoms with Gasteiger partial charge in [-0.15, -0.1) is 0 Å². The number of carboxylic acid groups (broad SMARTS) is 1. The van der Waals surface area contributed by atoms with Gasteiger partial charge in [0.05, 0.1) is 6.10 Å². The molecular weight excluding hydrogens is 310 g/mol. The van der Waals surface area contributed by atoms with Crippen LogP contribution in [0.2, 0.25) is 0 Å². The number of aliphatic hydroxyl groups excluding tert-OH is 1. The number of piperidine rings is 1. The lowest BCUT2D eigenvalue weighted by molar-refractivity contribution is -0.130. The smallest absolute Gasteiger partial charge is 0.407 e. The summed E-state index contributed by atoms with van der Waals surface area (Å²) < 4.78 is 0. The summed E-state index contributed by atoms with van der Waals surface area (Å²) in [6, 6.07) is -0.166. The second-order valence-electron chi connectivity index (χ2n) is 7.70. The van der Waals surface area contributed by atoms with Crippen LogP contribution in [0.15, 0.2) is 0 Å². The van der Waals surface area contributed by atoms with Gasteiger partial charge in [-0.1, -0.05) is 0 Å². The molecule has 2 heterocycles. The average Bonchev–Trinajstić information content (AvgIpc) is 3.31. The number of rotatable bonds is 4. The van der Waals surface area contributed by atoms with Gasteiger partial charge in [-0.25, -0.2) is 4.79 Å². The monoisotopic (exact) mass is 339 g/mol. The fourth-order valence-electron chi connectivity index (χ4n) is 4.12. The van der Waals surface area contributed by atoms with Crippen LogP contribution in [0.5, 0.6) is 0 Å². The predicted octanol–water partition coefficient (Wildman–Crippen LogP) is 0.824. The van der Waals surface area contributed by atoms with Gasteiger partial charge in [0.1, 0.15) is 0 Å². The minimum atomic E-state index is -0.951. The molecule has 0 aromatic heterocycles. The van der Waals surface area contributed by atoms with E-state index < -0.39 is 6.09 Å². The van der Waals surface area contributed by atoms with Gasteiger partial charge in [0.15, 0.2) is 0 Å². The highest BCUT2D eigenvalue weighted by atomic mass is 16.4. The van der Waals surface area contributed by atoms with Crippen molar-refractivity contribution in [1.82, 2.24) is 14.7 Å². The van der Waals surface area contributed by atoms with Gasteiger partial charge in [-0.2, -0.15) is 0 Å². The fourth-order valence-corrected chi connectivity index (χ4v) is 4.12. The maximum atomic E-state index is 12.2. The summed E-state index contributed by atoms with van der Waals surface area (Å²) in [4.78, 5) is 28.9. The van der Waals surface area contributed by atoms with Crippen molar-refractivity contribution in [2.75, 3.05) is 39.3 Å². The summed E-state index contributed by atoms with van der Waals surface area (Å²) in [6.45, 7) is 5.94. The molecule has 3 aliphatic rings. The summed E-state index contributed by atoms with van der Waals surface area (Å²) in [6.07, 6.45) is 3.40. The number of carbonyl (C=O) groups is 2. The topological polar surface area (TPSA) is 84.3 Å². The molecule has 7 nitrogen and oxygen atoms in total. The normalized spacial score (nSPS) is 30.5. The molecule has 2 amide bonds. The van der Waals surface area contributed by atoms with E-state index in [0.717, 1.165) is 32.5 Å². The second-order valence-corrected chi connectivity index (χ2v) is 7.70. The SMILES string of the molecule is CC1CN(CCCN2CCC3(CC3)C(O)C2)C(=O)CCN1C(=O)O. The molecule has 1 aliphatic carbocycles. The third kappa shape index (κ3) is 3.67. The molecule has 0 radical (unpaired) electrons. The number of likely N-dealkylation sites (tertiary alicyclic amines) is 1. The first-order valence-electron chi connectivity index (χ1n) is 9.09. The van der Waals surface area contributed by atoms with Crippen LogP contribution < -0.4 is 0 Å². The summed E-state index contributed by atoms with van der Waals surface area (Å²) in [7, 11) is 0. The highest BCUT2D eigenvalue weighted by Crippen LogP contribution is 2.53. The molecule has 0 aromatic carbocycles. The summed E-state index contributed by atoms with van der Waals surface area (Å²) >= 11 is 0. The summed E-state index contributed by atoms with van der Waals surface area (Å²) in [5, 5.41) is 19.4. The van der Waals surface area contributed by atoms with Gasteiger partial charge in [0, 0.05) is 38.6 Å². The molecule has 2 N–H and O–H groups in total. The van der Waals surface area contributed by atoms with E-state index >= 15 is 0 Å². The Hall–Kier alpha value is -1.34. The van der Waals surface area contributed by atoms with E-state index in [1.165, 1.54) is 17.7 Å². The van der Waals surface area contributed by atoms with E-state index in [4.69, 9.17) is 0 Å². The van der Waals surface area contributed by atoms with Crippen LogP contribution in [0, 0.1) is 5.41 Å². The molecular formula is C17H29N3O4. The molecule has 0 aromatic rings. The minimum Gasteiger partial charge on any atom is -0.465 e. The number of nitrogens with zero attached hydrogens (tertiary/aromatic N) is 3. The first kappa shape index (κ1) is 17.5. The van der Waals surface area contributed by atoms with Crippen molar-refractivity contribution in [2.45, 2.75) is 51.2 Å². The Kier molecular flexibility index (Phi) is 5.01. The van der Waals surface area contributed by atoms with Crippen molar-refractivity contribution in [3.05, 3.63) is 0 Å². The second kappa shape index (κ2) is 6.88. The van der Waals surface area contributed by atoms with Crippen LogP contribution in [0.1, 0.15) is 39.0 Å². The maximum Gasteiger partial charge on any atom is 0.407 e. The standard InChI is InChI=1S/C17H29N3O4/c1-13-11-19(15(22)3-9-20(13)16(23)24)8-2-7-18-10-6-17(4-5-17)14(21)12-18/h13-14,21H,2-12H2,1H3,(H,23,24). The number of amides is 2. The average molecular weight is 339 g/mol. The van der Waals surface area contributed by atoms with Gasteiger partial charge in [0.2, 0.25) is 5.91 Å². The van der Waals surface area contributed by atoms with Crippen molar-refractivity contribution in [3.63, 3.8) is 0 Å². The van der Waals surface area contributed by atoms with Crippen molar-refractivity contribution >= 4 is 12.0 Å². The Bertz CT molecular complexity index is 494. The van der Waals surface area contributed by atoms with Crippen molar-refractivity contribution in [1.29, 1.82) is 0 Å². The molecule has 0 bridgehead atoms. The lowest BCUT2D eigenvalue weighted by Gasteiger charge is -2.36. The number of hydrogen-bond donors (Lipinski definition) is 2. The van der Waals surface area contributed by atoms with E-state index in [9.17, 15) is 19.8 Å². The summed E-state index contributed by atoms with van der Waals surface area (Å²) in [5.74, 6) is 0.0428. The molecule has 1 spiro atoms. The molecule has 2 aliphatic heterocycles. The Balaban J connectivity index is 1.44. The molecule has 136 valence electrons. The number of hydrogen-bond acceptors (Lipinski definition) is 4. The highest BCUT2D eigenvalue weighted by Gasteiger charge is 2.51. The van der Waals surface area contributed by atoms with Crippen LogP contribution in [0.4, 0.5) is 4.79 Å². The van der Waals surface area contributed by atoms with Crippen LogP contribution in [0.25, 0.3) is 0 Å². The first-order chi connectivity index (χ1) is 11.4. The van der Waals surface area contributed by atoms with E-state index in [0.29, 0.717) is 13.1 Å². The van der Waals surface area contributed by atoms with Crippen LogP contribution >= 0.6 is 0 Å². The van der Waals surface area contributed by atoms with Crippen LogP contribution in [0.3, 0.4) is 0 Å². The fraction of sp³-hybridized carbons (Fsp3) is 0.882. The van der Waals surface area contributed by atoms with Crippen molar-refractivity contribution < 1.29 is 19.8 Å². The van der Waals surface area contributed by atoms with Crippen molar-refractivity contribution in [3.8, 4) is 0 Å². The molecule has 2 saturated heterocycles. The quantitative estimate of drug-likeness (QED) is 0.792. The lowest BCUT2D eigenvalue weighted by atomic mass is 9.90. The van der Waals surface area contributed by atoms with Gasteiger partial charge in [-0.3, -0.25) is 4.79 Å². The molecule has 24 heavy (non-hydrogen) atoms. The predicted molar refractivity (Wildman–Crippen MR) is 88.7 cm³/mol. The Morgan fingerprint density at radius 3 is 2.58 bits per heavy atom. The van der Waals surface area contributed by atoms with Gasteiger partial charge >= 0.3 is 6.09 Å².